The van der Waals surface area contributed by atoms with Gasteiger partial charge in [-0.3, -0.25) is 4.68 Å². The Morgan fingerprint density at radius 1 is 1.08 bits per heavy atom. The van der Waals surface area contributed by atoms with Crippen molar-refractivity contribution in [3.63, 3.8) is 0 Å². The first-order valence-corrected chi connectivity index (χ1v) is 12.1. The van der Waals surface area contributed by atoms with Crippen LogP contribution in [0, 0.1) is 0 Å². The van der Waals surface area contributed by atoms with Crippen LogP contribution >= 0.6 is 0 Å². The number of aryl methyl sites for hydroxylation is 1. The maximum Gasteiger partial charge on any atom is 0.435 e. The summed E-state index contributed by atoms with van der Waals surface area (Å²) in [6.07, 6.45) is 4.18. The van der Waals surface area contributed by atoms with Crippen LogP contribution in [-0.2, 0) is 32.7 Å². The molecule has 0 atom stereocenters. The predicted octanol–water partition coefficient (Wildman–Crippen LogP) is 4.87. The Morgan fingerprint density at radius 2 is 1.95 bits per heavy atom. The van der Waals surface area contributed by atoms with Gasteiger partial charge in [0.05, 0.1) is 19.0 Å². The maximum atomic E-state index is 14.0. The zero-order valence-corrected chi connectivity index (χ0v) is 20.8. The number of aromatic nitrogens is 6. The van der Waals surface area contributed by atoms with Crippen molar-refractivity contribution in [3.8, 4) is 16.9 Å². The lowest BCUT2D eigenvalue weighted by molar-refractivity contribution is -0.140. The van der Waals surface area contributed by atoms with Crippen LogP contribution in [0.3, 0.4) is 0 Å². The quantitative estimate of drug-likeness (QED) is 0.330. The Labute approximate surface area is 216 Å². The number of hydrogen-bond donors (Lipinski definition) is 0. The molecule has 0 spiro atoms. The number of methoxy groups -OCH3 is 1. The highest BCUT2D eigenvalue weighted by Gasteiger charge is 2.38. The molecule has 1 aliphatic heterocycles. The number of alkyl halides is 3. The van der Waals surface area contributed by atoms with Gasteiger partial charge in [-0.1, -0.05) is 6.07 Å². The lowest BCUT2D eigenvalue weighted by Crippen LogP contribution is -2.32. The van der Waals surface area contributed by atoms with Crippen molar-refractivity contribution >= 4 is 16.7 Å². The predicted molar refractivity (Wildman–Crippen MR) is 136 cm³/mol. The average Bonchev–Trinajstić information content (AvgIpc) is 3.56. The SMILES string of the molecule is COc1ccc2ncnc(N3CCc4c(cc(Cn5ccnc5)cc4-c4cn(C)nc4C(F)(F)F)C3)c2c1. The van der Waals surface area contributed by atoms with Gasteiger partial charge in [0, 0.05) is 56.2 Å². The molecule has 1 aliphatic rings. The number of ether oxygens (including phenoxy) is 1. The summed E-state index contributed by atoms with van der Waals surface area (Å²) < 4.78 is 50.4. The fourth-order valence-corrected chi connectivity index (χ4v) is 5.17. The Morgan fingerprint density at radius 3 is 2.71 bits per heavy atom. The number of anilines is 1. The van der Waals surface area contributed by atoms with Crippen LogP contribution in [0.5, 0.6) is 5.75 Å². The van der Waals surface area contributed by atoms with Crippen molar-refractivity contribution < 1.29 is 17.9 Å². The molecule has 4 heterocycles. The smallest absolute Gasteiger partial charge is 0.435 e. The molecule has 0 unspecified atom stereocenters. The van der Waals surface area contributed by atoms with Crippen molar-refractivity contribution in [3.05, 3.63) is 84.0 Å². The number of rotatable bonds is 5. The van der Waals surface area contributed by atoms with E-state index in [0.717, 1.165) is 33.4 Å². The highest BCUT2D eigenvalue weighted by molar-refractivity contribution is 5.90. The summed E-state index contributed by atoms with van der Waals surface area (Å²) in [5.74, 6) is 1.46. The molecule has 0 saturated heterocycles. The lowest BCUT2D eigenvalue weighted by atomic mass is 9.88. The third kappa shape index (κ3) is 4.33. The number of halogens is 3. The zero-order valence-electron chi connectivity index (χ0n) is 20.8. The summed E-state index contributed by atoms with van der Waals surface area (Å²) in [5, 5.41) is 4.62. The van der Waals surface area contributed by atoms with Crippen LogP contribution in [0.15, 0.2) is 61.6 Å². The molecule has 2 aromatic carbocycles. The molecule has 0 saturated carbocycles. The number of fused-ring (bicyclic) bond motifs is 2. The minimum atomic E-state index is -4.57. The second-order valence-electron chi connectivity index (χ2n) is 9.33. The van der Waals surface area contributed by atoms with Gasteiger partial charge in [0.25, 0.3) is 0 Å². The Hall–Kier alpha value is -4.41. The largest absolute Gasteiger partial charge is 0.497 e. The van der Waals surface area contributed by atoms with Gasteiger partial charge in [0.1, 0.15) is 17.9 Å². The van der Waals surface area contributed by atoms with Gasteiger partial charge in [-0.05, 0) is 52.9 Å². The van der Waals surface area contributed by atoms with Crippen LogP contribution in [0.25, 0.3) is 22.0 Å². The molecule has 3 aromatic heterocycles. The molecule has 6 rings (SSSR count). The lowest BCUT2D eigenvalue weighted by Gasteiger charge is -2.32. The van der Waals surface area contributed by atoms with E-state index in [-0.39, 0.29) is 5.56 Å². The maximum absolute atomic E-state index is 14.0. The summed E-state index contributed by atoms with van der Waals surface area (Å²) in [6, 6.07) is 9.57. The first-order chi connectivity index (χ1) is 18.3. The number of benzene rings is 2. The molecular formula is C27H24F3N7O. The van der Waals surface area contributed by atoms with Gasteiger partial charge in [0.15, 0.2) is 5.69 Å². The third-order valence-corrected chi connectivity index (χ3v) is 6.83. The molecule has 8 nitrogen and oxygen atoms in total. The van der Waals surface area contributed by atoms with E-state index < -0.39 is 11.9 Å². The number of nitrogens with zero attached hydrogens (tertiary/aromatic N) is 7. The summed E-state index contributed by atoms with van der Waals surface area (Å²) in [6.45, 7) is 1.56. The van der Waals surface area contributed by atoms with Gasteiger partial charge in [0.2, 0.25) is 0 Å². The van der Waals surface area contributed by atoms with Crippen LogP contribution < -0.4 is 9.64 Å². The van der Waals surface area contributed by atoms with Crippen LogP contribution in [-0.4, -0.2) is 43.0 Å². The Balaban J connectivity index is 1.47. The summed E-state index contributed by atoms with van der Waals surface area (Å²) >= 11 is 0. The van der Waals surface area contributed by atoms with E-state index in [2.05, 4.69) is 31.0 Å². The van der Waals surface area contributed by atoms with E-state index in [4.69, 9.17) is 4.74 Å². The van der Waals surface area contributed by atoms with Crippen LogP contribution in [0.1, 0.15) is 22.4 Å². The molecule has 0 amide bonds. The molecule has 11 heteroatoms. The van der Waals surface area contributed by atoms with Crippen molar-refractivity contribution in [1.29, 1.82) is 0 Å². The number of imidazole rings is 1. The first kappa shape index (κ1) is 24.0. The van der Waals surface area contributed by atoms with Gasteiger partial charge in [-0.15, -0.1) is 0 Å². The second-order valence-corrected chi connectivity index (χ2v) is 9.33. The molecular weight excluding hydrogens is 495 g/mol. The van der Waals surface area contributed by atoms with E-state index in [9.17, 15) is 13.2 Å². The molecule has 0 radical (unpaired) electrons. The highest BCUT2D eigenvalue weighted by Crippen LogP contribution is 2.40. The van der Waals surface area contributed by atoms with Crippen LogP contribution in [0.2, 0.25) is 0 Å². The van der Waals surface area contributed by atoms with Crippen molar-refractivity contribution in [2.45, 2.75) is 25.7 Å². The van der Waals surface area contributed by atoms with Crippen molar-refractivity contribution in [2.24, 2.45) is 7.05 Å². The molecule has 0 aliphatic carbocycles. The molecule has 0 bridgehead atoms. The van der Waals surface area contributed by atoms with E-state index in [1.54, 1.807) is 19.6 Å². The highest BCUT2D eigenvalue weighted by atomic mass is 19.4. The van der Waals surface area contributed by atoms with Gasteiger partial charge in [-0.2, -0.15) is 18.3 Å². The van der Waals surface area contributed by atoms with E-state index in [0.29, 0.717) is 37.4 Å². The van der Waals surface area contributed by atoms with E-state index >= 15 is 0 Å². The normalized spacial score (nSPS) is 13.7. The second kappa shape index (κ2) is 9.16. The molecule has 194 valence electrons. The molecule has 38 heavy (non-hydrogen) atoms. The Bertz CT molecular complexity index is 1630. The molecule has 5 aromatic rings. The average molecular weight is 520 g/mol. The topological polar surface area (TPSA) is 73.9 Å². The minimum Gasteiger partial charge on any atom is -0.497 e. The third-order valence-electron chi connectivity index (χ3n) is 6.83. The molecule has 0 fully saturated rings. The summed E-state index contributed by atoms with van der Waals surface area (Å²) in [4.78, 5) is 15.2. The number of hydrogen-bond acceptors (Lipinski definition) is 6. The standard InChI is InChI=1S/C27H24F3N7O/c1-35-14-23(25(34-35)27(28,29)30)21-10-17(12-36-8-6-31-16-36)9-18-13-37(7-5-20(18)21)26-22-11-19(38-2)3-4-24(22)32-15-33-26/h3-4,6,8-11,14-16H,5,7,12-13H2,1-2H3. The zero-order chi connectivity index (χ0) is 26.4. The van der Waals surface area contributed by atoms with Gasteiger partial charge < -0.3 is 14.2 Å². The van der Waals surface area contributed by atoms with E-state index in [1.807, 2.05) is 35.0 Å². The summed E-state index contributed by atoms with van der Waals surface area (Å²) in [7, 11) is 3.12. The van der Waals surface area contributed by atoms with Crippen LogP contribution in [0.4, 0.5) is 19.0 Å². The fraction of sp³-hybridized carbons (Fsp3) is 0.259. The van der Waals surface area contributed by atoms with Crippen molar-refractivity contribution in [1.82, 2.24) is 29.3 Å². The monoisotopic (exact) mass is 519 g/mol. The first-order valence-electron chi connectivity index (χ1n) is 12.1. The van der Waals surface area contributed by atoms with E-state index in [1.165, 1.54) is 24.3 Å². The van der Waals surface area contributed by atoms with Crippen molar-refractivity contribution in [2.75, 3.05) is 18.6 Å². The van der Waals surface area contributed by atoms with Gasteiger partial charge >= 0.3 is 6.18 Å². The fourth-order valence-electron chi connectivity index (χ4n) is 5.17. The summed E-state index contributed by atoms with van der Waals surface area (Å²) in [5.41, 5.74) is 3.30. The minimum absolute atomic E-state index is 0.0920. The van der Waals surface area contributed by atoms with Gasteiger partial charge in [-0.25, -0.2) is 15.0 Å². The molecule has 0 N–H and O–H groups in total. The Kier molecular flexibility index (Phi) is 5.77.